The number of hydrogen-bond donors (Lipinski definition) is 0. The standard InChI is InChI=1S/C14H16N4O.C6H10N2/c1-3-4-6-16-14-11(2)15-7-5-13(14)12-8-17-18(9-12)10-19;1-8-3-2-6(4-7)5-8/h5-10H,3-4H2,1-2H3;6H,2-3,5H2,1H3. The molecule has 0 aromatic carbocycles. The first-order chi connectivity index (χ1) is 13.1. The molecular weight excluding hydrogens is 340 g/mol. The molecule has 0 saturated carbocycles. The van der Waals surface area contributed by atoms with Gasteiger partial charge in [-0.2, -0.15) is 10.4 Å². The zero-order chi connectivity index (χ0) is 19.6. The van der Waals surface area contributed by atoms with Crippen molar-refractivity contribution >= 4 is 18.3 Å². The average molecular weight is 366 g/mol. The smallest absolute Gasteiger partial charge is 0.234 e. The zero-order valence-electron chi connectivity index (χ0n) is 16.2. The number of unbranched alkanes of at least 4 members (excludes halogenated alkanes) is 1. The highest BCUT2D eigenvalue weighted by Gasteiger charge is 2.17. The molecule has 1 aliphatic heterocycles. The van der Waals surface area contributed by atoms with E-state index in [1.165, 1.54) is 4.68 Å². The van der Waals surface area contributed by atoms with E-state index in [0.717, 1.165) is 54.9 Å². The van der Waals surface area contributed by atoms with E-state index in [2.05, 4.69) is 40.0 Å². The summed E-state index contributed by atoms with van der Waals surface area (Å²) in [7, 11) is 2.05. The maximum atomic E-state index is 10.7. The lowest BCUT2D eigenvalue weighted by Crippen LogP contribution is -2.13. The fourth-order valence-electron chi connectivity index (χ4n) is 2.81. The van der Waals surface area contributed by atoms with Gasteiger partial charge in [-0.25, -0.2) is 4.68 Å². The van der Waals surface area contributed by atoms with Crippen LogP contribution in [-0.4, -0.2) is 52.4 Å². The molecule has 142 valence electrons. The van der Waals surface area contributed by atoms with Crippen LogP contribution in [0.25, 0.3) is 11.1 Å². The van der Waals surface area contributed by atoms with Crippen LogP contribution in [0.2, 0.25) is 0 Å². The lowest BCUT2D eigenvalue weighted by molar-refractivity contribution is 0.409. The fraction of sp³-hybridized carbons (Fsp3) is 0.450. The summed E-state index contributed by atoms with van der Waals surface area (Å²) in [6.45, 7) is 6.10. The Kier molecular flexibility index (Phi) is 7.83. The minimum absolute atomic E-state index is 0.306. The van der Waals surface area contributed by atoms with Gasteiger partial charge in [0.05, 0.1) is 29.6 Å². The van der Waals surface area contributed by atoms with E-state index in [1.54, 1.807) is 18.6 Å². The number of rotatable bonds is 5. The van der Waals surface area contributed by atoms with E-state index in [4.69, 9.17) is 5.26 Å². The monoisotopic (exact) mass is 366 g/mol. The Labute approximate surface area is 160 Å². The van der Waals surface area contributed by atoms with Gasteiger partial charge in [0.25, 0.3) is 0 Å². The third-order valence-corrected chi connectivity index (χ3v) is 4.34. The number of aryl methyl sites for hydroxylation is 1. The lowest BCUT2D eigenvalue weighted by Gasteiger charge is -2.05. The number of nitrogens with zero attached hydrogens (tertiary/aromatic N) is 6. The highest BCUT2D eigenvalue weighted by Crippen LogP contribution is 2.31. The second-order valence-electron chi connectivity index (χ2n) is 6.58. The second kappa shape index (κ2) is 10.3. The van der Waals surface area contributed by atoms with E-state index in [-0.39, 0.29) is 0 Å². The molecule has 1 saturated heterocycles. The van der Waals surface area contributed by atoms with Crippen LogP contribution >= 0.6 is 0 Å². The maximum Gasteiger partial charge on any atom is 0.234 e. The first kappa shape index (κ1) is 20.5. The van der Waals surface area contributed by atoms with E-state index in [1.807, 2.05) is 19.2 Å². The Morgan fingerprint density at radius 3 is 2.85 bits per heavy atom. The van der Waals surface area contributed by atoms with Crippen molar-refractivity contribution in [1.82, 2.24) is 19.7 Å². The Morgan fingerprint density at radius 2 is 2.30 bits per heavy atom. The molecule has 0 bridgehead atoms. The molecule has 1 fully saturated rings. The van der Waals surface area contributed by atoms with Gasteiger partial charge < -0.3 is 4.90 Å². The summed E-state index contributed by atoms with van der Waals surface area (Å²) in [6, 6.07) is 4.14. The Bertz CT molecular complexity index is 820. The average Bonchev–Trinajstić information content (AvgIpc) is 3.32. The molecule has 3 heterocycles. The minimum Gasteiger partial charge on any atom is -0.305 e. The van der Waals surface area contributed by atoms with Gasteiger partial charge in [0.15, 0.2) is 0 Å². The van der Waals surface area contributed by atoms with Crippen molar-refractivity contribution in [3.05, 3.63) is 30.4 Å². The first-order valence-electron chi connectivity index (χ1n) is 9.15. The second-order valence-corrected chi connectivity index (χ2v) is 6.58. The summed E-state index contributed by atoms with van der Waals surface area (Å²) in [5, 5.41) is 12.4. The van der Waals surface area contributed by atoms with Crippen molar-refractivity contribution in [3.63, 3.8) is 0 Å². The van der Waals surface area contributed by atoms with Crippen molar-refractivity contribution < 1.29 is 4.79 Å². The third-order valence-electron chi connectivity index (χ3n) is 4.34. The van der Waals surface area contributed by atoms with E-state index in [0.29, 0.717) is 12.3 Å². The van der Waals surface area contributed by atoms with Gasteiger partial charge in [0.1, 0.15) is 0 Å². The van der Waals surface area contributed by atoms with Gasteiger partial charge in [-0.15, -0.1) is 0 Å². The molecule has 3 rings (SSSR count). The van der Waals surface area contributed by atoms with Crippen LogP contribution in [0, 0.1) is 24.2 Å². The van der Waals surface area contributed by atoms with Crippen LogP contribution < -0.4 is 0 Å². The predicted octanol–water partition coefficient (Wildman–Crippen LogP) is 3.26. The van der Waals surface area contributed by atoms with Gasteiger partial charge in [0, 0.05) is 36.3 Å². The third kappa shape index (κ3) is 5.83. The number of hydrogen-bond acceptors (Lipinski definition) is 6. The highest BCUT2D eigenvalue weighted by atomic mass is 16.1. The zero-order valence-corrected chi connectivity index (χ0v) is 16.2. The Balaban J connectivity index is 0.000000273. The maximum absolute atomic E-state index is 10.7. The number of likely N-dealkylation sites (tertiary alicyclic amines) is 1. The number of nitriles is 1. The highest BCUT2D eigenvalue weighted by molar-refractivity contribution is 5.80. The van der Waals surface area contributed by atoms with Gasteiger partial charge in [-0.1, -0.05) is 13.3 Å². The molecule has 7 nitrogen and oxygen atoms in total. The predicted molar refractivity (Wildman–Crippen MR) is 107 cm³/mol. The minimum atomic E-state index is 0.306. The van der Waals surface area contributed by atoms with Gasteiger partial charge in [0.2, 0.25) is 6.41 Å². The molecule has 0 N–H and O–H groups in total. The van der Waals surface area contributed by atoms with Gasteiger partial charge in [-0.3, -0.25) is 14.8 Å². The van der Waals surface area contributed by atoms with E-state index < -0.39 is 0 Å². The van der Waals surface area contributed by atoms with Crippen molar-refractivity contribution in [1.29, 1.82) is 5.26 Å². The molecule has 1 atom stereocenters. The van der Waals surface area contributed by atoms with Crippen molar-refractivity contribution in [3.8, 4) is 17.2 Å². The molecule has 2 aromatic rings. The van der Waals surface area contributed by atoms with Crippen LogP contribution in [0.15, 0.2) is 29.6 Å². The first-order valence-corrected chi connectivity index (χ1v) is 9.15. The summed E-state index contributed by atoms with van der Waals surface area (Å²) in [6.07, 6.45) is 10.7. The number of carbonyl (C=O) groups is 1. The van der Waals surface area contributed by atoms with E-state index in [9.17, 15) is 4.79 Å². The topological polar surface area (TPSA) is 87.2 Å². The molecule has 2 aromatic heterocycles. The number of aliphatic imine (C=N–C) groups is 1. The SMILES string of the molecule is CCCC=Nc1c(-c2cnn(C=O)c2)ccnc1C.CN1CCC(C#N)C1. The summed E-state index contributed by atoms with van der Waals surface area (Å²) in [5.74, 6) is 0.306. The molecule has 1 aliphatic rings. The summed E-state index contributed by atoms with van der Waals surface area (Å²) >= 11 is 0. The molecule has 0 aliphatic carbocycles. The van der Waals surface area contributed by atoms with Crippen LogP contribution in [-0.2, 0) is 4.79 Å². The Hall–Kier alpha value is -2.85. The normalized spacial score (nSPS) is 16.7. The summed E-state index contributed by atoms with van der Waals surface area (Å²) in [5.41, 5.74) is 3.50. The molecule has 7 heteroatoms. The fourth-order valence-corrected chi connectivity index (χ4v) is 2.81. The number of aromatic nitrogens is 3. The largest absolute Gasteiger partial charge is 0.305 e. The van der Waals surface area contributed by atoms with Crippen LogP contribution in [0.1, 0.15) is 31.9 Å². The molecule has 0 radical (unpaired) electrons. The van der Waals surface area contributed by atoms with E-state index >= 15 is 0 Å². The van der Waals surface area contributed by atoms with Gasteiger partial charge >= 0.3 is 0 Å². The van der Waals surface area contributed by atoms with Gasteiger partial charge in [-0.05, 0) is 39.4 Å². The molecular formula is C20H26N6O. The van der Waals surface area contributed by atoms with Crippen LogP contribution in [0.3, 0.4) is 0 Å². The lowest BCUT2D eigenvalue weighted by atomic mass is 10.1. The molecule has 0 amide bonds. The van der Waals surface area contributed by atoms with Crippen molar-refractivity contribution in [2.24, 2.45) is 10.9 Å². The Morgan fingerprint density at radius 1 is 1.48 bits per heavy atom. The molecule has 0 spiro atoms. The molecule has 1 unspecified atom stereocenters. The number of pyridine rings is 1. The molecule has 27 heavy (non-hydrogen) atoms. The van der Waals surface area contributed by atoms with Crippen LogP contribution in [0.5, 0.6) is 0 Å². The van der Waals surface area contributed by atoms with Crippen molar-refractivity contribution in [2.45, 2.75) is 33.1 Å². The quantitative estimate of drug-likeness (QED) is 0.599. The van der Waals surface area contributed by atoms with Crippen molar-refractivity contribution in [2.75, 3.05) is 20.1 Å². The summed E-state index contributed by atoms with van der Waals surface area (Å²) in [4.78, 5) is 21.6. The summed E-state index contributed by atoms with van der Waals surface area (Å²) < 4.78 is 1.24. The number of carbonyl (C=O) groups excluding carboxylic acids is 1. The van der Waals surface area contributed by atoms with Crippen LogP contribution in [0.4, 0.5) is 5.69 Å².